The van der Waals surface area contributed by atoms with E-state index in [2.05, 4.69) is 4.90 Å². The molecule has 1 aliphatic heterocycles. The minimum absolute atomic E-state index is 0.452. The quantitative estimate of drug-likeness (QED) is 0.589. The third-order valence-electron chi connectivity index (χ3n) is 3.16. The molecule has 0 bridgehead atoms. The van der Waals surface area contributed by atoms with Gasteiger partial charge in [0.15, 0.2) is 0 Å². The number of benzene rings is 1. The fourth-order valence-corrected chi connectivity index (χ4v) is 2.53. The van der Waals surface area contributed by atoms with Crippen LogP contribution in [0.1, 0.15) is 19.8 Å². The maximum atomic E-state index is 6.11. The molecule has 0 spiro atoms. The van der Waals surface area contributed by atoms with Gasteiger partial charge in [-0.15, -0.1) is 0 Å². The Morgan fingerprint density at radius 3 is 2.76 bits per heavy atom. The number of ether oxygens (including phenoxy) is 3. The zero-order valence-electron chi connectivity index (χ0n) is 12.1. The minimum Gasteiger partial charge on any atom is -0.489 e. The molecule has 1 saturated heterocycles. The van der Waals surface area contributed by atoms with Crippen LogP contribution in [0.25, 0.3) is 0 Å². The van der Waals surface area contributed by atoms with Crippen molar-refractivity contribution in [1.29, 1.82) is 0 Å². The number of thiocarbonyl (C=S) groups is 1. The van der Waals surface area contributed by atoms with Crippen molar-refractivity contribution >= 4 is 29.0 Å². The van der Waals surface area contributed by atoms with Crippen molar-refractivity contribution in [2.24, 2.45) is 0 Å². The molecule has 0 saturated carbocycles. The fraction of sp³-hybridized carbons (Fsp3) is 0.533. The first-order chi connectivity index (χ1) is 10.2. The van der Waals surface area contributed by atoms with Gasteiger partial charge in [-0.1, -0.05) is 11.6 Å². The first kappa shape index (κ1) is 16.3. The summed E-state index contributed by atoms with van der Waals surface area (Å²) in [7, 11) is 0. The van der Waals surface area contributed by atoms with Gasteiger partial charge in [-0.3, -0.25) is 0 Å². The van der Waals surface area contributed by atoms with Crippen molar-refractivity contribution in [1.82, 2.24) is 4.90 Å². The molecule has 1 aliphatic rings. The number of hydrogen-bond donors (Lipinski definition) is 0. The average molecular weight is 330 g/mol. The Morgan fingerprint density at radius 2 is 2.05 bits per heavy atom. The molecule has 116 valence electrons. The molecular formula is C15H20ClNO3S. The van der Waals surface area contributed by atoms with Gasteiger partial charge in [0.25, 0.3) is 5.17 Å². The summed E-state index contributed by atoms with van der Waals surface area (Å²) in [6, 6.07) is 5.30. The van der Waals surface area contributed by atoms with Gasteiger partial charge in [0.1, 0.15) is 18.1 Å². The van der Waals surface area contributed by atoms with E-state index in [4.69, 9.17) is 38.0 Å². The fourth-order valence-electron chi connectivity index (χ4n) is 2.08. The van der Waals surface area contributed by atoms with Crippen LogP contribution in [0, 0.1) is 0 Å². The maximum absolute atomic E-state index is 6.11. The van der Waals surface area contributed by atoms with Crippen molar-refractivity contribution in [3.05, 3.63) is 23.2 Å². The smallest absolute Gasteiger partial charge is 0.264 e. The molecule has 0 aromatic heterocycles. The highest BCUT2D eigenvalue weighted by atomic mass is 35.5. The molecule has 0 radical (unpaired) electrons. The molecule has 21 heavy (non-hydrogen) atoms. The largest absolute Gasteiger partial charge is 0.489 e. The Bertz CT molecular complexity index is 478. The predicted molar refractivity (Wildman–Crippen MR) is 87.5 cm³/mol. The van der Waals surface area contributed by atoms with Crippen LogP contribution < -0.4 is 9.47 Å². The highest BCUT2D eigenvalue weighted by molar-refractivity contribution is 7.80. The number of nitrogens with zero attached hydrogens (tertiary/aromatic N) is 1. The van der Waals surface area contributed by atoms with Gasteiger partial charge < -0.3 is 19.1 Å². The second kappa shape index (κ2) is 8.41. The molecule has 0 aliphatic carbocycles. The van der Waals surface area contributed by atoms with Crippen molar-refractivity contribution in [2.75, 3.05) is 32.9 Å². The Balaban J connectivity index is 1.92. The van der Waals surface area contributed by atoms with Crippen molar-refractivity contribution in [2.45, 2.75) is 19.8 Å². The number of rotatable bonds is 6. The molecule has 0 amide bonds. The molecule has 1 aromatic rings. The molecule has 6 heteroatoms. The molecule has 4 nitrogen and oxygen atoms in total. The van der Waals surface area contributed by atoms with Crippen molar-refractivity contribution in [3.63, 3.8) is 0 Å². The summed E-state index contributed by atoms with van der Waals surface area (Å²) in [4.78, 5) is 2.07. The minimum atomic E-state index is 0.452. The summed E-state index contributed by atoms with van der Waals surface area (Å²) in [5, 5.41) is 1.06. The molecule has 0 atom stereocenters. The van der Waals surface area contributed by atoms with Gasteiger partial charge in [0.05, 0.1) is 11.6 Å². The van der Waals surface area contributed by atoms with Crippen LogP contribution in [-0.2, 0) is 4.74 Å². The normalized spacial score (nSPS) is 14.3. The molecule has 1 aromatic carbocycles. The van der Waals surface area contributed by atoms with Crippen LogP contribution in [0.3, 0.4) is 0 Å². The lowest BCUT2D eigenvalue weighted by atomic mass is 10.3. The molecular weight excluding hydrogens is 310 g/mol. The Morgan fingerprint density at radius 1 is 1.29 bits per heavy atom. The summed E-state index contributed by atoms with van der Waals surface area (Å²) >= 11 is 11.4. The van der Waals surface area contributed by atoms with Crippen LogP contribution in [0.4, 0.5) is 0 Å². The van der Waals surface area contributed by atoms with E-state index in [1.807, 2.05) is 6.92 Å². The average Bonchev–Trinajstić information content (AvgIpc) is 3.01. The summed E-state index contributed by atoms with van der Waals surface area (Å²) < 4.78 is 16.5. The summed E-state index contributed by atoms with van der Waals surface area (Å²) in [6.45, 7) is 5.52. The van der Waals surface area contributed by atoms with Gasteiger partial charge in [-0.05, 0) is 44.1 Å². The Labute approximate surface area is 135 Å². The monoisotopic (exact) mass is 329 g/mol. The highest BCUT2D eigenvalue weighted by Gasteiger charge is 2.16. The number of halogens is 1. The molecule has 0 unspecified atom stereocenters. The second-order valence-electron chi connectivity index (χ2n) is 4.70. The van der Waals surface area contributed by atoms with Gasteiger partial charge in [0.2, 0.25) is 0 Å². The zero-order valence-corrected chi connectivity index (χ0v) is 13.7. The molecule has 0 N–H and O–H groups in total. The second-order valence-corrected chi connectivity index (χ2v) is 5.46. The summed E-state index contributed by atoms with van der Waals surface area (Å²) in [5.41, 5.74) is 0. The van der Waals surface area contributed by atoms with E-state index < -0.39 is 0 Å². The molecule has 1 heterocycles. The van der Waals surface area contributed by atoms with E-state index in [9.17, 15) is 0 Å². The third kappa shape index (κ3) is 5.02. The maximum Gasteiger partial charge on any atom is 0.264 e. The zero-order chi connectivity index (χ0) is 15.1. The number of likely N-dealkylation sites (tertiary alicyclic amines) is 1. The lowest BCUT2D eigenvalue weighted by molar-refractivity contribution is 0.110. The topological polar surface area (TPSA) is 30.9 Å². The van der Waals surface area contributed by atoms with E-state index in [1.165, 1.54) is 0 Å². The Kier molecular flexibility index (Phi) is 6.54. The lowest BCUT2D eigenvalue weighted by Crippen LogP contribution is -2.30. The lowest BCUT2D eigenvalue weighted by Gasteiger charge is -2.18. The molecule has 2 rings (SSSR count). The van der Waals surface area contributed by atoms with E-state index >= 15 is 0 Å². The third-order valence-corrected chi connectivity index (χ3v) is 3.82. The predicted octanol–water partition coefficient (Wildman–Crippen LogP) is 3.51. The van der Waals surface area contributed by atoms with Crippen LogP contribution >= 0.6 is 23.8 Å². The van der Waals surface area contributed by atoms with Crippen LogP contribution in [0.5, 0.6) is 11.5 Å². The van der Waals surface area contributed by atoms with Crippen molar-refractivity contribution in [3.8, 4) is 11.5 Å². The SMILES string of the molecule is CCOCCOc1cc(OC(=S)N2CCCC2)ccc1Cl. The van der Waals surface area contributed by atoms with E-state index in [-0.39, 0.29) is 0 Å². The van der Waals surface area contributed by atoms with Crippen LogP contribution in [0.15, 0.2) is 18.2 Å². The van der Waals surface area contributed by atoms with E-state index in [0.29, 0.717) is 41.5 Å². The van der Waals surface area contributed by atoms with Crippen LogP contribution in [-0.4, -0.2) is 43.0 Å². The standard InChI is InChI=1S/C15H20ClNO3S/c1-2-18-9-10-19-14-11-12(5-6-13(14)16)20-15(21)17-7-3-4-8-17/h5-6,11H,2-4,7-10H2,1H3. The van der Waals surface area contributed by atoms with Gasteiger partial charge >= 0.3 is 0 Å². The van der Waals surface area contributed by atoms with E-state index in [1.54, 1.807) is 18.2 Å². The Hall–Kier alpha value is -1.04. The van der Waals surface area contributed by atoms with Gasteiger partial charge in [-0.2, -0.15) is 0 Å². The van der Waals surface area contributed by atoms with Crippen LogP contribution in [0.2, 0.25) is 5.02 Å². The first-order valence-electron chi connectivity index (χ1n) is 7.17. The molecule has 1 fully saturated rings. The van der Waals surface area contributed by atoms with Gasteiger partial charge in [-0.25, -0.2) is 0 Å². The van der Waals surface area contributed by atoms with Gasteiger partial charge in [0, 0.05) is 25.8 Å². The summed E-state index contributed by atoms with van der Waals surface area (Å²) in [5.74, 6) is 1.22. The highest BCUT2D eigenvalue weighted by Crippen LogP contribution is 2.29. The van der Waals surface area contributed by atoms with Crippen molar-refractivity contribution < 1.29 is 14.2 Å². The van der Waals surface area contributed by atoms with E-state index in [0.717, 1.165) is 25.9 Å². The number of hydrogen-bond acceptors (Lipinski definition) is 4. The summed E-state index contributed by atoms with van der Waals surface area (Å²) in [6.07, 6.45) is 2.33. The first-order valence-corrected chi connectivity index (χ1v) is 7.96.